The number of hydrogen-bond donors (Lipinski definition) is 0. The maximum absolute atomic E-state index is 6.32. The second-order valence-electron chi connectivity index (χ2n) is 7.76. The van der Waals surface area contributed by atoms with Crippen molar-refractivity contribution in [3.05, 3.63) is 97.1 Å². The van der Waals surface area contributed by atoms with Crippen LogP contribution in [-0.2, 0) is 6.42 Å². The highest BCUT2D eigenvalue weighted by Gasteiger charge is 2.35. The van der Waals surface area contributed by atoms with E-state index in [0.717, 1.165) is 17.9 Å². The van der Waals surface area contributed by atoms with E-state index in [0.29, 0.717) is 6.61 Å². The van der Waals surface area contributed by atoms with Gasteiger partial charge in [0, 0.05) is 5.04 Å². The van der Waals surface area contributed by atoms with Crippen LogP contribution in [0.4, 0.5) is 0 Å². The Morgan fingerprint density at radius 1 is 0.862 bits per heavy atom. The fourth-order valence-corrected chi connectivity index (χ4v) is 6.78. The maximum Gasteiger partial charge on any atom is 0.161 e. The van der Waals surface area contributed by atoms with E-state index in [9.17, 15) is 0 Å². The third-order valence-electron chi connectivity index (χ3n) is 5.00. The Morgan fingerprint density at radius 3 is 1.97 bits per heavy atom. The monoisotopic (exact) mass is 401 g/mol. The van der Waals surface area contributed by atoms with Gasteiger partial charge in [0.2, 0.25) is 0 Å². The molecular weight excluding hydrogens is 372 g/mol. The summed E-state index contributed by atoms with van der Waals surface area (Å²) in [4.78, 5) is 0. The molecule has 0 aromatic heterocycles. The third kappa shape index (κ3) is 5.18. The molecule has 3 aromatic rings. The van der Waals surface area contributed by atoms with Crippen LogP contribution < -0.4 is 19.8 Å². The quantitative estimate of drug-likeness (QED) is 0.375. The smallest absolute Gasteiger partial charge is 0.161 e. The van der Waals surface area contributed by atoms with Crippen LogP contribution in [0.15, 0.2) is 91.5 Å². The average Bonchev–Trinajstić information content (AvgIpc) is 2.74. The molecule has 0 aliphatic heterocycles. The van der Waals surface area contributed by atoms with Crippen LogP contribution in [0.3, 0.4) is 0 Å². The number of benzene rings is 3. The van der Waals surface area contributed by atoms with E-state index >= 15 is 0 Å². The second kappa shape index (κ2) is 9.62. The zero-order valence-corrected chi connectivity index (χ0v) is 18.5. The zero-order valence-electron chi connectivity index (χ0n) is 17.5. The summed E-state index contributed by atoms with van der Waals surface area (Å²) in [6.07, 6.45) is 2.71. The van der Waals surface area contributed by atoms with Gasteiger partial charge in [0.05, 0.1) is 13.7 Å². The van der Waals surface area contributed by atoms with Crippen molar-refractivity contribution in [2.24, 2.45) is 0 Å². The van der Waals surface area contributed by atoms with Crippen LogP contribution in [0.2, 0.25) is 5.04 Å². The van der Waals surface area contributed by atoms with Gasteiger partial charge >= 0.3 is 0 Å². The van der Waals surface area contributed by atoms with Crippen molar-refractivity contribution in [2.75, 3.05) is 13.7 Å². The molecule has 0 saturated heterocycles. The lowest BCUT2D eigenvalue weighted by atomic mass is 10.1. The molecule has 3 rings (SSSR count). The fraction of sp³-hybridized carbons (Fsp3) is 0.231. The van der Waals surface area contributed by atoms with Crippen LogP contribution >= 0.6 is 0 Å². The third-order valence-corrected chi connectivity index (χ3v) is 8.32. The second-order valence-corrected chi connectivity index (χ2v) is 11.0. The molecule has 3 aromatic carbocycles. The van der Waals surface area contributed by atoms with Gasteiger partial charge in [0.15, 0.2) is 11.5 Å². The van der Waals surface area contributed by atoms with E-state index in [1.807, 2.05) is 18.2 Å². The van der Waals surface area contributed by atoms with Crippen LogP contribution in [0.25, 0.3) is 0 Å². The molecule has 0 fully saturated rings. The summed E-state index contributed by atoms with van der Waals surface area (Å²) < 4.78 is 11.9. The lowest BCUT2D eigenvalue weighted by Gasteiger charge is -2.33. The van der Waals surface area contributed by atoms with Crippen molar-refractivity contribution in [2.45, 2.75) is 25.3 Å². The molecular formula is C26H29O2Si. The predicted octanol–water partition coefficient (Wildman–Crippen LogP) is 4.89. The summed E-state index contributed by atoms with van der Waals surface area (Å²) in [5.41, 5.74) is 1.17. The number of hydrogen-bond acceptors (Lipinski definition) is 2. The Hall–Kier alpha value is -2.78. The van der Waals surface area contributed by atoms with Gasteiger partial charge in [-0.2, -0.15) is 0 Å². The molecule has 0 unspecified atom stereocenters. The van der Waals surface area contributed by atoms with Crippen molar-refractivity contribution < 1.29 is 9.47 Å². The molecule has 0 amide bonds. The summed E-state index contributed by atoms with van der Waals surface area (Å²) >= 11 is 0. The largest absolute Gasteiger partial charge is 0.493 e. The standard InChI is InChI=1S/C26H29O2Si/c1-5-12-21-17-18-24(25(19-21)27-4)28-20-26(2,3)29(22-13-8-6-9-14-22)23-15-10-7-11-16-23/h5-11,13-19H,1,12,20H2,2-4H3. The molecule has 29 heavy (non-hydrogen) atoms. The fourth-order valence-electron chi connectivity index (χ4n) is 3.61. The SMILES string of the molecule is C=CCc1ccc(OCC(C)(C)[Si](c2ccccc2)c2ccccc2)c(OC)c1. The van der Waals surface area contributed by atoms with Gasteiger partial charge in [-0.3, -0.25) is 0 Å². The van der Waals surface area contributed by atoms with Crippen molar-refractivity contribution in [3.8, 4) is 11.5 Å². The van der Waals surface area contributed by atoms with E-state index in [-0.39, 0.29) is 5.04 Å². The minimum Gasteiger partial charge on any atom is -0.493 e. The Kier molecular flexibility index (Phi) is 6.94. The molecule has 0 spiro atoms. The molecule has 0 aliphatic rings. The van der Waals surface area contributed by atoms with E-state index in [1.165, 1.54) is 15.9 Å². The van der Waals surface area contributed by atoms with Crippen LogP contribution in [0.5, 0.6) is 11.5 Å². The normalized spacial score (nSPS) is 11.3. The van der Waals surface area contributed by atoms with Gasteiger partial charge in [0.25, 0.3) is 0 Å². The first-order valence-corrected chi connectivity index (χ1v) is 11.4. The molecule has 2 nitrogen and oxygen atoms in total. The molecule has 0 atom stereocenters. The average molecular weight is 402 g/mol. The predicted molar refractivity (Wildman–Crippen MR) is 124 cm³/mol. The Bertz CT molecular complexity index is 880. The highest BCUT2D eigenvalue weighted by atomic mass is 28.3. The first kappa shape index (κ1) is 20.9. The Balaban J connectivity index is 1.87. The Labute approximate surface area is 176 Å². The molecule has 0 aliphatic carbocycles. The van der Waals surface area contributed by atoms with Crippen LogP contribution in [0, 0.1) is 0 Å². The summed E-state index contributed by atoms with van der Waals surface area (Å²) in [6.45, 7) is 9.03. The van der Waals surface area contributed by atoms with E-state index in [4.69, 9.17) is 9.47 Å². The maximum atomic E-state index is 6.32. The summed E-state index contributed by atoms with van der Waals surface area (Å²) in [5.74, 6) is 1.56. The molecule has 0 N–H and O–H groups in total. The minimum absolute atomic E-state index is 0.0296. The molecule has 3 heteroatoms. The number of ether oxygens (including phenoxy) is 2. The number of methoxy groups -OCH3 is 1. The van der Waals surface area contributed by atoms with E-state index < -0.39 is 8.80 Å². The van der Waals surface area contributed by atoms with Gasteiger partial charge in [-0.05, 0) is 24.1 Å². The molecule has 0 saturated carbocycles. The summed E-state index contributed by atoms with van der Waals surface area (Å²) in [6, 6.07) is 27.7. The van der Waals surface area contributed by atoms with Crippen molar-refractivity contribution in [3.63, 3.8) is 0 Å². The lowest BCUT2D eigenvalue weighted by Crippen LogP contribution is -2.51. The van der Waals surface area contributed by atoms with Gasteiger partial charge in [-0.15, -0.1) is 6.58 Å². The van der Waals surface area contributed by atoms with Crippen molar-refractivity contribution in [1.29, 1.82) is 0 Å². The summed E-state index contributed by atoms with van der Waals surface area (Å²) in [5, 5.41) is 2.76. The van der Waals surface area contributed by atoms with Gasteiger partial charge in [0.1, 0.15) is 8.80 Å². The topological polar surface area (TPSA) is 18.5 Å². The molecule has 149 valence electrons. The Morgan fingerprint density at radius 2 is 1.45 bits per heavy atom. The number of rotatable bonds is 9. The highest BCUT2D eigenvalue weighted by molar-refractivity contribution is 6.87. The number of allylic oxidation sites excluding steroid dienone is 1. The van der Waals surface area contributed by atoms with E-state index in [2.05, 4.69) is 87.2 Å². The molecule has 1 radical (unpaired) electrons. The summed E-state index contributed by atoms with van der Waals surface area (Å²) in [7, 11) is 0.628. The van der Waals surface area contributed by atoms with Crippen molar-refractivity contribution in [1.82, 2.24) is 0 Å². The highest BCUT2D eigenvalue weighted by Crippen LogP contribution is 2.33. The first-order valence-electron chi connectivity index (χ1n) is 9.94. The van der Waals surface area contributed by atoms with Gasteiger partial charge in [-0.1, -0.05) is 97.0 Å². The lowest BCUT2D eigenvalue weighted by molar-refractivity contribution is 0.262. The van der Waals surface area contributed by atoms with Crippen LogP contribution in [-0.4, -0.2) is 22.5 Å². The van der Waals surface area contributed by atoms with Gasteiger partial charge in [-0.25, -0.2) is 0 Å². The molecule has 0 bridgehead atoms. The van der Waals surface area contributed by atoms with Gasteiger partial charge < -0.3 is 9.47 Å². The minimum atomic E-state index is -1.06. The molecule has 0 heterocycles. The van der Waals surface area contributed by atoms with E-state index in [1.54, 1.807) is 7.11 Å². The van der Waals surface area contributed by atoms with Crippen LogP contribution in [0.1, 0.15) is 19.4 Å². The van der Waals surface area contributed by atoms with Crippen molar-refractivity contribution >= 4 is 19.2 Å². The zero-order chi connectivity index (χ0) is 20.7. The first-order chi connectivity index (χ1) is 14.0.